The van der Waals surface area contributed by atoms with Crippen LogP contribution in [0.5, 0.6) is 0 Å². The quantitative estimate of drug-likeness (QED) is 0.557. The summed E-state index contributed by atoms with van der Waals surface area (Å²) in [7, 11) is 1.40. The van der Waals surface area contributed by atoms with E-state index in [1.807, 2.05) is 6.92 Å². The van der Waals surface area contributed by atoms with Crippen molar-refractivity contribution in [1.29, 1.82) is 0 Å². The summed E-state index contributed by atoms with van der Waals surface area (Å²) in [5, 5.41) is 0. The Labute approximate surface area is 108 Å². The molecule has 3 rings (SSSR count). The van der Waals surface area contributed by atoms with Gasteiger partial charge in [-0.3, -0.25) is 9.59 Å². The van der Waals surface area contributed by atoms with Gasteiger partial charge in [0.25, 0.3) is 0 Å². The van der Waals surface area contributed by atoms with Crippen LogP contribution in [0.1, 0.15) is 39.5 Å². The summed E-state index contributed by atoms with van der Waals surface area (Å²) in [5.74, 6) is -0.0591. The van der Waals surface area contributed by atoms with Crippen molar-refractivity contribution in [3.8, 4) is 0 Å². The molecule has 0 aromatic carbocycles. The second-order valence-corrected chi connectivity index (χ2v) is 6.55. The Balaban J connectivity index is 2.25. The van der Waals surface area contributed by atoms with Crippen molar-refractivity contribution >= 4 is 11.8 Å². The molecule has 0 saturated heterocycles. The topological polar surface area (TPSA) is 43.4 Å². The first kappa shape index (κ1) is 11.9. The average molecular weight is 248 g/mol. The molecule has 3 heteroatoms. The summed E-state index contributed by atoms with van der Waals surface area (Å²) < 4.78 is 5.00. The number of Topliss-reactive ketones (excluding diaryl/α,β-unsaturated/α-hetero) is 1. The Morgan fingerprint density at radius 3 is 2.61 bits per heavy atom. The molecule has 0 amide bonds. The zero-order valence-electron chi connectivity index (χ0n) is 11.3. The Bertz CT molecular complexity index is 482. The maximum Gasteiger partial charge on any atom is 0.317 e. The predicted molar refractivity (Wildman–Crippen MR) is 66.8 cm³/mol. The van der Waals surface area contributed by atoms with Gasteiger partial charge in [0.1, 0.15) is 11.2 Å². The summed E-state index contributed by atoms with van der Waals surface area (Å²) in [5.41, 5.74) is -1.66. The molecule has 1 unspecified atom stereocenters. The Kier molecular flexibility index (Phi) is 1.92. The molecule has 0 radical (unpaired) electrons. The van der Waals surface area contributed by atoms with E-state index >= 15 is 0 Å². The number of hydrogen-bond acceptors (Lipinski definition) is 3. The maximum atomic E-state index is 12.5. The number of methoxy groups -OCH3 is 1. The molecule has 0 aliphatic heterocycles. The molecule has 0 N–H and O–H groups in total. The molecule has 3 saturated carbocycles. The van der Waals surface area contributed by atoms with Crippen LogP contribution < -0.4 is 0 Å². The normalized spacial score (nSPS) is 52.7. The Morgan fingerprint density at radius 1 is 1.39 bits per heavy atom. The molecule has 18 heavy (non-hydrogen) atoms. The summed E-state index contributed by atoms with van der Waals surface area (Å²) in [6.45, 7) is 7.97. The monoisotopic (exact) mass is 248 g/mol. The van der Waals surface area contributed by atoms with Crippen LogP contribution in [0.2, 0.25) is 0 Å². The summed E-state index contributed by atoms with van der Waals surface area (Å²) >= 11 is 0. The fourth-order valence-electron chi connectivity index (χ4n) is 5.84. The van der Waals surface area contributed by atoms with Gasteiger partial charge in [0.05, 0.1) is 12.5 Å². The minimum Gasteiger partial charge on any atom is -0.468 e. The van der Waals surface area contributed by atoms with Crippen molar-refractivity contribution in [3.63, 3.8) is 0 Å². The summed E-state index contributed by atoms with van der Waals surface area (Å²) in [6, 6.07) is 0. The average Bonchev–Trinajstić information content (AvgIpc) is 2.53. The molecule has 1 spiro atoms. The molecular formula is C15H20O3. The minimum atomic E-state index is -0.782. The highest BCUT2D eigenvalue weighted by atomic mass is 16.5. The van der Waals surface area contributed by atoms with Gasteiger partial charge in [-0.15, -0.1) is 6.58 Å². The molecule has 4 atom stereocenters. The fourth-order valence-corrected chi connectivity index (χ4v) is 5.84. The lowest BCUT2D eigenvalue weighted by molar-refractivity contribution is -0.150. The van der Waals surface area contributed by atoms with E-state index in [9.17, 15) is 9.59 Å². The third kappa shape index (κ3) is 0.725. The van der Waals surface area contributed by atoms with Crippen molar-refractivity contribution in [2.24, 2.45) is 21.7 Å². The van der Waals surface area contributed by atoms with Gasteiger partial charge in [0, 0.05) is 11.8 Å². The van der Waals surface area contributed by atoms with Crippen molar-refractivity contribution in [1.82, 2.24) is 0 Å². The SMILES string of the molecule is C=CC1(C(=O)OC)[C@]23CCC[C@@]2(C)CC(=O)[C@]13C. The van der Waals surface area contributed by atoms with Crippen LogP contribution in [0.4, 0.5) is 0 Å². The molecule has 0 aromatic heterocycles. The van der Waals surface area contributed by atoms with Gasteiger partial charge in [-0.2, -0.15) is 0 Å². The van der Waals surface area contributed by atoms with E-state index < -0.39 is 10.8 Å². The minimum absolute atomic E-state index is 0.0544. The van der Waals surface area contributed by atoms with E-state index in [1.165, 1.54) is 7.11 Å². The lowest BCUT2D eigenvalue weighted by Gasteiger charge is -2.31. The van der Waals surface area contributed by atoms with Gasteiger partial charge in [0.15, 0.2) is 0 Å². The number of hydrogen-bond donors (Lipinski definition) is 0. The van der Waals surface area contributed by atoms with E-state index in [2.05, 4.69) is 13.5 Å². The largest absolute Gasteiger partial charge is 0.468 e. The highest BCUT2D eigenvalue weighted by Crippen LogP contribution is 2.93. The van der Waals surface area contributed by atoms with Gasteiger partial charge < -0.3 is 4.74 Å². The zero-order valence-corrected chi connectivity index (χ0v) is 11.3. The molecule has 0 heterocycles. The van der Waals surface area contributed by atoms with Crippen LogP contribution in [0, 0.1) is 21.7 Å². The molecule has 98 valence electrons. The van der Waals surface area contributed by atoms with Crippen LogP contribution in [0.15, 0.2) is 12.7 Å². The van der Waals surface area contributed by atoms with Crippen LogP contribution in [0.3, 0.4) is 0 Å². The molecule has 0 aromatic rings. The second kappa shape index (κ2) is 2.89. The molecule has 3 aliphatic rings. The first-order chi connectivity index (χ1) is 8.38. The van der Waals surface area contributed by atoms with Crippen LogP contribution in [0.25, 0.3) is 0 Å². The van der Waals surface area contributed by atoms with Gasteiger partial charge in [0.2, 0.25) is 0 Å². The van der Waals surface area contributed by atoms with Gasteiger partial charge in [-0.05, 0) is 18.3 Å². The number of rotatable bonds is 2. The third-order valence-corrected chi connectivity index (χ3v) is 6.49. The van der Waals surface area contributed by atoms with E-state index in [0.717, 1.165) is 19.3 Å². The molecule has 3 aliphatic carbocycles. The van der Waals surface area contributed by atoms with Gasteiger partial charge in [-0.25, -0.2) is 0 Å². The predicted octanol–water partition coefficient (Wildman–Crippen LogP) is 2.50. The van der Waals surface area contributed by atoms with E-state index in [-0.39, 0.29) is 22.6 Å². The lowest BCUT2D eigenvalue weighted by Crippen LogP contribution is -2.34. The molecule has 3 nitrogen and oxygen atoms in total. The molecular weight excluding hydrogens is 228 g/mol. The Morgan fingerprint density at radius 2 is 2.06 bits per heavy atom. The fraction of sp³-hybridized carbons (Fsp3) is 0.733. The maximum absolute atomic E-state index is 12.5. The zero-order chi connectivity index (χ0) is 13.4. The first-order valence-electron chi connectivity index (χ1n) is 6.63. The highest BCUT2D eigenvalue weighted by molar-refractivity contribution is 6.05. The van der Waals surface area contributed by atoms with E-state index in [1.54, 1.807) is 6.08 Å². The summed E-state index contributed by atoms with van der Waals surface area (Å²) in [6.07, 6.45) is 5.36. The van der Waals surface area contributed by atoms with E-state index in [4.69, 9.17) is 4.74 Å². The number of carbonyl (C=O) groups excluding carboxylic acids is 2. The molecule has 0 bridgehead atoms. The number of esters is 1. The van der Waals surface area contributed by atoms with E-state index in [0.29, 0.717) is 6.42 Å². The van der Waals surface area contributed by atoms with Crippen molar-refractivity contribution in [2.45, 2.75) is 39.5 Å². The number of ether oxygens (including phenoxy) is 1. The van der Waals surface area contributed by atoms with Crippen LogP contribution in [-0.4, -0.2) is 18.9 Å². The first-order valence-corrected chi connectivity index (χ1v) is 6.63. The smallest absolute Gasteiger partial charge is 0.317 e. The van der Waals surface area contributed by atoms with Gasteiger partial charge in [-0.1, -0.05) is 26.3 Å². The number of ketones is 1. The van der Waals surface area contributed by atoms with Crippen molar-refractivity contribution < 1.29 is 14.3 Å². The molecule has 3 fully saturated rings. The second-order valence-electron chi connectivity index (χ2n) is 6.55. The van der Waals surface area contributed by atoms with Crippen LogP contribution >= 0.6 is 0 Å². The Hall–Kier alpha value is -1.12. The summed E-state index contributed by atoms with van der Waals surface area (Å²) in [4.78, 5) is 24.8. The van der Waals surface area contributed by atoms with Crippen LogP contribution in [-0.2, 0) is 14.3 Å². The van der Waals surface area contributed by atoms with Gasteiger partial charge >= 0.3 is 5.97 Å². The highest BCUT2D eigenvalue weighted by Gasteiger charge is 2.97. The van der Waals surface area contributed by atoms with Crippen molar-refractivity contribution in [2.75, 3.05) is 7.11 Å². The lowest BCUT2D eigenvalue weighted by atomic mass is 9.71. The third-order valence-electron chi connectivity index (χ3n) is 6.49. The van der Waals surface area contributed by atoms with Crippen molar-refractivity contribution in [3.05, 3.63) is 12.7 Å². The number of carbonyl (C=O) groups is 2. The standard InChI is InChI=1S/C15H20O3/c1-5-14(11(17)18-4)13(3)10(16)9-12(2)7-6-8-15(12,13)14/h5H,1,6-9H2,2-4H3/t12-,13+,14?,15+/m0/s1.